The van der Waals surface area contributed by atoms with Crippen molar-refractivity contribution in [1.82, 2.24) is 0 Å². The Balaban J connectivity index is 1.58. The van der Waals surface area contributed by atoms with E-state index in [0.29, 0.717) is 41.4 Å². The van der Waals surface area contributed by atoms with E-state index in [1.165, 1.54) is 27.4 Å². The smallest absolute Gasteiger partial charge is 0.339 e. The minimum absolute atomic E-state index is 0.0223. The Bertz CT molecular complexity index is 1420. The summed E-state index contributed by atoms with van der Waals surface area (Å²) in [5.74, 6) is 0.662. The number of methoxy groups -OCH3 is 3. The quantitative estimate of drug-likeness (QED) is 0.185. The predicted octanol–water partition coefficient (Wildman–Crippen LogP) is 6.88. The first-order valence-corrected chi connectivity index (χ1v) is 12.9. The van der Waals surface area contributed by atoms with E-state index in [2.05, 4.69) is 12.1 Å². The molecule has 206 valence electrons. The van der Waals surface area contributed by atoms with Gasteiger partial charge in [0.05, 0.1) is 21.3 Å². The molecule has 0 aliphatic rings. The number of ketones is 1. The van der Waals surface area contributed by atoms with Crippen LogP contribution in [-0.4, -0.2) is 38.2 Å². The maximum atomic E-state index is 13.9. The van der Waals surface area contributed by atoms with Gasteiger partial charge in [0.15, 0.2) is 17.3 Å². The molecule has 0 saturated carbocycles. The third-order valence-electron chi connectivity index (χ3n) is 6.70. The molecule has 0 spiro atoms. The number of hydrogen-bond donors (Lipinski definition) is 1. The molecule has 0 radical (unpaired) electrons. The number of benzene rings is 4. The van der Waals surface area contributed by atoms with Gasteiger partial charge in [-0.05, 0) is 66.8 Å². The molecule has 4 aromatic carbocycles. The molecular weight excluding hydrogens is 508 g/mol. The summed E-state index contributed by atoms with van der Waals surface area (Å²) in [6.45, 7) is 0. The molecule has 1 atom stereocenters. The van der Waals surface area contributed by atoms with Gasteiger partial charge >= 0.3 is 5.97 Å². The molecule has 1 unspecified atom stereocenters. The Morgan fingerprint density at radius 1 is 0.725 bits per heavy atom. The average molecular weight is 541 g/mol. The molecule has 0 saturated heterocycles. The Morgan fingerprint density at radius 3 is 1.95 bits per heavy atom. The van der Waals surface area contributed by atoms with Crippen molar-refractivity contribution in [2.24, 2.45) is 5.92 Å². The molecule has 4 aromatic rings. The van der Waals surface area contributed by atoms with E-state index in [0.717, 1.165) is 17.5 Å². The van der Waals surface area contributed by atoms with Crippen molar-refractivity contribution in [1.29, 1.82) is 0 Å². The summed E-state index contributed by atoms with van der Waals surface area (Å²) in [7, 11) is 4.58. The van der Waals surface area contributed by atoms with E-state index in [1.54, 1.807) is 42.5 Å². The van der Waals surface area contributed by atoms with Crippen LogP contribution < -0.4 is 18.9 Å². The Hall–Kier alpha value is -4.78. The van der Waals surface area contributed by atoms with E-state index < -0.39 is 5.97 Å². The standard InChI is InChI=1S/C33H32O7/c1-37-29-20-25(21-30(38-2)32(29)39-3)31(34)24(16-13-22-9-5-4-6-10-22)19-23-14-17-26(18-15-23)40-28-12-8-7-11-27(28)33(35)36/h4-12,14-15,17-18,20-21,24H,13,16,19H2,1-3H3,(H,35,36). The van der Waals surface area contributed by atoms with E-state index in [1.807, 2.05) is 30.3 Å². The molecule has 0 fully saturated rings. The number of aromatic carboxylic acids is 1. The lowest BCUT2D eigenvalue weighted by Crippen LogP contribution is -2.19. The van der Waals surface area contributed by atoms with Crippen molar-refractivity contribution in [2.45, 2.75) is 19.3 Å². The van der Waals surface area contributed by atoms with Crippen LogP contribution in [0.25, 0.3) is 0 Å². The highest BCUT2D eigenvalue weighted by molar-refractivity contribution is 5.99. The van der Waals surface area contributed by atoms with E-state index in [4.69, 9.17) is 18.9 Å². The van der Waals surface area contributed by atoms with Crippen LogP contribution in [0, 0.1) is 5.92 Å². The molecule has 4 rings (SSSR count). The number of hydrogen-bond acceptors (Lipinski definition) is 6. The lowest BCUT2D eigenvalue weighted by molar-refractivity contribution is 0.0694. The van der Waals surface area contributed by atoms with E-state index in [9.17, 15) is 14.7 Å². The minimum Gasteiger partial charge on any atom is -0.493 e. The van der Waals surface area contributed by atoms with Crippen molar-refractivity contribution >= 4 is 11.8 Å². The molecule has 7 nitrogen and oxygen atoms in total. The van der Waals surface area contributed by atoms with Crippen LogP contribution in [0.5, 0.6) is 28.7 Å². The monoisotopic (exact) mass is 540 g/mol. The van der Waals surface area contributed by atoms with Crippen LogP contribution in [0.1, 0.15) is 38.3 Å². The SMILES string of the molecule is COc1cc(C(=O)C(CCc2ccccc2)Cc2ccc(Oc3ccccc3C(=O)O)cc2)cc(OC)c1OC. The molecule has 7 heteroatoms. The largest absolute Gasteiger partial charge is 0.493 e. The fraction of sp³-hybridized carbons (Fsp3) is 0.212. The normalized spacial score (nSPS) is 11.4. The maximum Gasteiger partial charge on any atom is 0.339 e. The van der Waals surface area contributed by atoms with Gasteiger partial charge in [0, 0.05) is 11.5 Å². The molecule has 0 aliphatic carbocycles. The molecule has 0 bridgehead atoms. The van der Waals surface area contributed by atoms with Crippen molar-refractivity contribution < 1.29 is 33.6 Å². The highest BCUT2D eigenvalue weighted by atomic mass is 16.5. The van der Waals surface area contributed by atoms with Gasteiger partial charge in [0.1, 0.15) is 17.1 Å². The van der Waals surface area contributed by atoms with Crippen LogP contribution in [0.2, 0.25) is 0 Å². The fourth-order valence-electron chi connectivity index (χ4n) is 4.61. The fourth-order valence-corrected chi connectivity index (χ4v) is 4.61. The van der Waals surface area contributed by atoms with Gasteiger partial charge in [-0.1, -0.05) is 54.6 Å². The van der Waals surface area contributed by atoms with E-state index in [-0.39, 0.29) is 23.0 Å². The molecule has 0 heterocycles. The summed E-state index contributed by atoms with van der Waals surface area (Å²) in [6, 6.07) is 27.3. The molecule has 1 N–H and O–H groups in total. The lowest BCUT2D eigenvalue weighted by Gasteiger charge is -2.19. The van der Waals surface area contributed by atoms with Gasteiger partial charge in [0.25, 0.3) is 0 Å². The van der Waals surface area contributed by atoms with Gasteiger partial charge in [-0.25, -0.2) is 4.79 Å². The van der Waals surface area contributed by atoms with Crippen molar-refractivity contribution in [3.63, 3.8) is 0 Å². The topological polar surface area (TPSA) is 91.3 Å². The number of carboxylic acid groups (broad SMARTS) is 1. The van der Waals surface area contributed by atoms with Crippen LogP contribution in [0.3, 0.4) is 0 Å². The third-order valence-corrected chi connectivity index (χ3v) is 6.70. The van der Waals surface area contributed by atoms with E-state index >= 15 is 0 Å². The Labute approximate surface area is 233 Å². The van der Waals surface area contributed by atoms with Gasteiger partial charge in [0.2, 0.25) is 5.75 Å². The summed E-state index contributed by atoms with van der Waals surface area (Å²) in [5, 5.41) is 9.43. The molecule has 0 aromatic heterocycles. The maximum absolute atomic E-state index is 13.9. The molecular formula is C33H32O7. The molecule has 40 heavy (non-hydrogen) atoms. The number of carbonyl (C=O) groups excluding carboxylic acids is 1. The summed E-state index contributed by atoms with van der Waals surface area (Å²) in [4.78, 5) is 25.4. The van der Waals surface area contributed by atoms with Crippen molar-refractivity contribution in [3.05, 3.63) is 113 Å². The number of aryl methyl sites for hydroxylation is 1. The highest BCUT2D eigenvalue weighted by Gasteiger charge is 2.24. The van der Waals surface area contributed by atoms with Crippen molar-refractivity contribution in [3.8, 4) is 28.7 Å². The van der Waals surface area contributed by atoms with Crippen LogP contribution >= 0.6 is 0 Å². The summed E-state index contributed by atoms with van der Waals surface area (Å²) >= 11 is 0. The first-order valence-electron chi connectivity index (χ1n) is 12.9. The number of ether oxygens (including phenoxy) is 4. The number of para-hydroxylation sites is 1. The van der Waals surface area contributed by atoms with Gasteiger partial charge < -0.3 is 24.1 Å². The number of carboxylic acids is 1. The zero-order valence-electron chi connectivity index (χ0n) is 22.8. The minimum atomic E-state index is -1.06. The first-order chi connectivity index (χ1) is 19.4. The number of carbonyl (C=O) groups is 2. The van der Waals surface area contributed by atoms with Crippen LogP contribution in [0.15, 0.2) is 91.0 Å². The molecule has 0 amide bonds. The van der Waals surface area contributed by atoms with Crippen LogP contribution in [-0.2, 0) is 12.8 Å². The first kappa shape index (κ1) is 28.2. The second-order valence-corrected chi connectivity index (χ2v) is 9.25. The summed E-state index contributed by atoms with van der Waals surface area (Å²) in [5.41, 5.74) is 2.69. The highest BCUT2D eigenvalue weighted by Crippen LogP contribution is 2.39. The lowest BCUT2D eigenvalue weighted by atomic mass is 9.86. The van der Waals surface area contributed by atoms with Gasteiger partial charge in [-0.3, -0.25) is 4.79 Å². The van der Waals surface area contributed by atoms with Crippen LogP contribution in [0.4, 0.5) is 0 Å². The second-order valence-electron chi connectivity index (χ2n) is 9.25. The zero-order valence-corrected chi connectivity index (χ0v) is 22.8. The third kappa shape index (κ3) is 6.80. The summed E-state index contributed by atoms with van der Waals surface area (Å²) < 4.78 is 22.2. The Kier molecular flexibility index (Phi) is 9.41. The molecule has 0 aliphatic heterocycles. The average Bonchev–Trinajstić information content (AvgIpc) is 2.99. The second kappa shape index (κ2) is 13.3. The van der Waals surface area contributed by atoms with Gasteiger partial charge in [-0.2, -0.15) is 0 Å². The van der Waals surface area contributed by atoms with Crippen molar-refractivity contribution in [2.75, 3.05) is 21.3 Å². The summed E-state index contributed by atoms with van der Waals surface area (Å²) in [6.07, 6.45) is 1.90. The zero-order chi connectivity index (χ0) is 28.5. The Morgan fingerprint density at radius 2 is 1.35 bits per heavy atom. The predicted molar refractivity (Wildman–Crippen MR) is 152 cm³/mol. The number of rotatable bonds is 13. The van der Waals surface area contributed by atoms with Gasteiger partial charge in [-0.15, -0.1) is 0 Å². The number of Topliss-reactive ketones (excluding diaryl/α,β-unsaturated/α-hetero) is 1.